The summed E-state index contributed by atoms with van der Waals surface area (Å²) in [6.07, 6.45) is 0. The van der Waals surface area contributed by atoms with Crippen LogP contribution >= 0.6 is 12.2 Å². The lowest BCUT2D eigenvalue weighted by Gasteiger charge is -2.14. The number of anilines is 2. The van der Waals surface area contributed by atoms with E-state index >= 15 is 0 Å². The number of para-hydroxylation sites is 1. The van der Waals surface area contributed by atoms with E-state index in [0.29, 0.717) is 28.5 Å². The smallest absolute Gasteiger partial charge is 0.195 e. The summed E-state index contributed by atoms with van der Waals surface area (Å²) in [4.78, 5) is 12.8. The van der Waals surface area contributed by atoms with Crippen molar-refractivity contribution in [1.82, 2.24) is 0 Å². The fourth-order valence-corrected chi connectivity index (χ4v) is 2.85. The zero-order chi connectivity index (χ0) is 19.1. The van der Waals surface area contributed by atoms with E-state index in [1.807, 2.05) is 67.6 Å². The van der Waals surface area contributed by atoms with Gasteiger partial charge >= 0.3 is 0 Å². The topological polar surface area (TPSA) is 50.4 Å². The minimum Gasteiger partial charge on any atom is -0.494 e. The summed E-state index contributed by atoms with van der Waals surface area (Å²) in [6.45, 7) is 2.57. The van der Waals surface area contributed by atoms with Gasteiger partial charge in [0.05, 0.1) is 12.3 Å². The van der Waals surface area contributed by atoms with Gasteiger partial charge in [-0.3, -0.25) is 4.79 Å². The van der Waals surface area contributed by atoms with Gasteiger partial charge in [0.2, 0.25) is 0 Å². The molecule has 0 aromatic heterocycles. The highest BCUT2D eigenvalue weighted by Crippen LogP contribution is 2.20. The van der Waals surface area contributed by atoms with Crippen LogP contribution in [-0.2, 0) is 0 Å². The molecular weight excluding hydrogens is 356 g/mol. The zero-order valence-electron chi connectivity index (χ0n) is 14.9. The fraction of sp³-hybridized carbons (Fsp3) is 0.0909. The van der Waals surface area contributed by atoms with E-state index in [0.717, 1.165) is 11.4 Å². The molecule has 27 heavy (non-hydrogen) atoms. The quantitative estimate of drug-likeness (QED) is 0.462. The van der Waals surface area contributed by atoms with Gasteiger partial charge in [-0.1, -0.05) is 42.5 Å². The third-order valence-corrected chi connectivity index (χ3v) is 4.08. The van der Waals surface area contributed by atoms with Gasteiger partial charge in [-0.05, 0) is 55.5 Å². The van der Waals surface area contributed by atoms with Gasteiger partial charge in [-0.25, -0.2) is 0 Å². The molecule has 0 aliphatic carbocycles. The fourth-order valence-electron chi connectivity index (χ4n) is 2.62. The summed E-state index contributed by atoms with van der Waals surface area (Å²) in [5.74, 6) is 0.753. The van der Waals surface area contributed by atoms with Gasteiger partial charge in [-0.2, -0.15) is 0 Å². The van der Waals surface area contributed by atoms with Crippen molar-refractivity contribution in [2.24, 2.45) is 0 Å². The van der Waals surface area contributed by atoms with E-state index in [4.69, 9.17) is 17.0 Å². The third-order valence-electron chi connectivity index (χ3n) is 3.88. The van der Waals surface area contributed by atoms with Crippen molar-refractivity contribution in [3.05, 3.63) is 90.0 Å². The molecule has 0 fully saturated rings. The van der Waals surface area contributed by atoms with Crippen LogP contribution in [-0.4, -0.2) is 17.5 Å². The highest BCUT2D eigenvalue weighted by molar-refractivity contribution is 7.80. The average molecular weight is 376 g/mol. The molecule has 3 aromatic carbocycles. The molecule has 0 spiro atoms. The van der Waals surface area contributed by atoms with Gasteiger partial charge in [0.1, 0.15) is 5.75 Å². The van der Waals surface area contributed by atoms with Gasteiger partial charge in [0.15, 0.2) is 10.9 Å². The van der Waals surface area contributed by atoms with Crippen molar-refractivity contribution in [2.45, 2.75) is 6.92 Å². The Labute approximate surface area is 164 Å². The highest BCUT2D eigenvalue weighted by atomic mass is 32.1. The highest BCUT2D eigenvalue weighted by Gasteiger charge is 2.13. The number of ketones is 1. The summed E-state index contributed by atoms with van der Waals surface area (Å²) in [5, 5.41) is 6.65. The normalized spacial score (nSPS) is 10.1. The first-order valence-corrected chi connectivity index (χ1v) is 9.08. The molecule has 0 aliphatic rings. The maximum atomic E-state index is 12.8. The first-order chi connectivity index (χ1) is 13.2. The Morgan fingerprint density at radius 3 is 2.26 bits per heavy atom. The minimum atomic E-state index is -0.0532. The lowest BCUT2D eigenvalue weighted by atomic mass is 10.0. The molecule has 2 N–H and O–H groups in total. The van der Waals surface area contributed by atoms with E-state index in [1.165, 1.54) is 0 Å². The number of nitrogens with one attached hydrogen (secondary N) is 2. The van der Waals surface area contributed by atoms with Crippen LogP contribution < -0.4 is 15.4 Å². The van der Waals surface area contributed by atoms with Gasteiger partial charge in [-0.15, -0.1) is 0 Å². The average Bonchev–Trinajstić information content (AvgIpc) is 2.70. The summed E-state index contributed by atoms with van der Waals surface area (Å²) in [5.41, 5.74) is 2.70. The Morgan fingerprint density at radius 2 is 1.56 bits per heavy atom. The van der Waals surface area contributed by atoms with Crippen LogP contribution in [0.5, 0.6) is 5.75 Å². The summed E-state index contributed by atoms with van der Waals surface area (Å²) in [7, 11) is 0. The SMILES string of the molecule is CCOc1ccc(NC(=S)Nc2ccccc2C(=O)c2ccccc2)cc1. The van der Waals surface area contributed by atoms with Crippen LogP contribution in [0.15, 0.2) is 78.9 Å². The number of hydrogen-bond donors (Lipinski definition) is 2. The van der Waals surface area contributed by atoms with Crippen molar-refractivity contribution in [3.8, 4) is 5.75 Å². The van der Waals surface area contributed by atoms with Crippen molar-refractivity contribution in [2.75, 3.05) is 17.2 Å². The van der Waals surface area contributed by atoms with Crippen molar-refractivity contribution < 1.29 is 9.53 Å². The molecule has 0 amide bonds. The second-order valence-electron chi connectivity index (χ2n) is 5.78. The first-order valence-electron chi connectivity index (χ1n) is 8.67. The molecule has 0 saturated heterocycles. The van der Waals surface area contributed by atoms with E-state index in [-0.39, 0.29) is 5.78 Å². The van der Waals surface area contributed by atoms with Crippen LogP contribution in [0.4, 0.5) is 11.4 Å². The Balaban J connectivity index is 1.72. The van der Waals surface area contributed by atoms with Gasteiger partial charge in [0.25, 0.3) is 0 Å². The standard InChI is InChI=1S/C22H20N2O2S/c1-2-26-18-14-12-17(13-15-18)23-22(27)24-20-11-7-6-10-19(20)21(25)16-8-4-3-5-9-16/h3-15H,2H2,1H3,(H2,23,24,27). The van der Waals surface area contributed by atoms with E-state index < -0.39 is 0 Å². The number of ether oxygens (including phenoxy) is 1. The monoisotopic (exact) mass is 376 g/mol. The van der Waals surface area contributed by atoms with Crippen LogP contribution in [0.3, 0.4) is 0 Å². The van der Waals surface area contributed by atoms with Crippen molar-refractivity contribution >= 4 is 34.5 Å². The molecule has 0 aliphatic heterocycles. The molecule has 0 unspecified atom stereocenters. The van der Waals surface area contributed by atoms with Gasteiger partial charge in [0, 0.05) is 16.8 Å². The molecule has 5 heteroatoms. The maximum Gasteiger partial charge on any atom is 0.195 e. The molecule has 0 heterocycles. The number of rotatable bonds is 6. The van der Waals surface area contributed by atoms with Crippen LogP contribution in [0, 0.1) is 0 Å². The lowest BCUT2D eigenvalue weighted by molar-refractivity contribution is 0.103. The molecule has 4 nitrogen and oxygen atoms in total. The Morgan fingerprint density at radius 1 is 0.889 bits per heavy atom. The number of carbonyl (C=O) groups is 1. The second kappa shape index (κ2) is 8.96. The Kier molecular flexibility index (Phi) is 6.18. The molecule has 0 radical (unpaired) electrons. The number of thiocarbonyl (C=S) groups is 1. The molecule has 0 bridgehead atoms. The van der Waals surface area contributed by atoms with E-state index in [1.54, 1.807) is 18.2 Å². The molecule has 3 aromatic rings. The number of hydrogen-bond acceptors (Lipinski definition) is 3. The second-order valence-corrected chi connectivity index (χ2v) is 6.19. The maximum absolute atomic E-state index is 12.8. The first kappa shape index (κ1) is 18.6. The predicted octanol–water partition coefficient (Wildman–Crippen LogP) is 5.13. The Bertz CT molecular complexity index is 925. The summed E-state index contributed by atoms with van der Waals surface area (Å²) in [6, 6.07) is 24.0. The van der Waals surface area contributed by atoms with Crippen LogP contribution in [0.25, 0.3) is 0 Å². The van der Waals surface area contributed by atoms with Crippen LogP contribution in [0.1, 0.15) is 22.8 Å². The summed E-state index contributed by atoms with van der Waals surface area (Å²) >= 11 is 5.40. The third kappa shape index (κ3) is 4.92. The van der Waals surface area contributed by atoms with Crippen molar-refractivity contribution in [1.29, 1.82) is 0 Å². The van der Waals surface area contributed by atoms with E-state index in [9.17, 15) is 4.79 Å². The number of benzene rings is 3. The van der Waals surface area contributed by atoms with Crippen LogP contribution in [0.2, 0.25) is 0 Å². The molecule has 0 saturated carbocycles. The Hall–Kier alpha value is -3.18. The number of carbonyl (C=O) groups excluding carboxylic acids is 1. The molecule has 136 valence electrons. The minimum absolute atomic E-state index is 0.0532. The lowest BCUT2D eigenvalue weighted by Crippen LogP contribution is -2.20. The summed E-state index contributed by atoms with van der Waals surface area (Å²) < 4.78 is 5.43. The molecular formula is C22H20N2O2S. The van der Waals surface area contributed by atoms with Crippen molar-refractivity contribution in [3.63, 3.8) is 0 Å². The zero-order valence-corrected chi connectivity index (χ0v) is 15.8. The van der Waals surface area contributed by atoms with Gasteiger partial charge < -0.3 is 15.4 Å². The molecule has 0 atom stereocenters. The largest absolute Gasteiger partial charge is 0.494 e. The predicted molar refractivity (Wildman–Crippen MR) is 114 cm³/mol. The molecule has 3 rings (SSSR count). The van der Waals surface area contributed by atoms with E-state index in [2.05, 4.69) is 10.6 Å².